The van der Waals surface area contributed by atoms with Crippen LogP contribution in [0.25, 0.3) is 0 Å². The van der Waals surface area contributed by atoms with Crippen LogP contribution >= 0.6 is 12.4 Å². The average Bonchev–Trinajstić information content (AvgIpc) is 2.24. The van der Waals surface area contributed by atoms with Gasteiger partial charge in [0.15, 0.2) is 0 Å². The summed E-state index contributed by atoms with van der Waals surface area (Å²) in [5.41, 5.74) is 2.91. The monoisotopic (exact) mass is 255 g/mol. The van der Waals surface area contributed by atoms with Crippen LogP contribution in [-0.4, -0.2) is 19.4 Å². The highest BCUT2D eigenvalue weighted by molar-refractivity contribution is 5.85. The zero-order chi connectivity index (χ0) is 11.6. The molecule has 1 N–H and O–H groups in total. The number of hydrogen-bond donors (Lipinski definition) is 1. The number of ether oxygens (including phenoxy) is 1. The summed E-state index contributed by atoms with van der Waals surface area (Å²) in [6.45, 7) is 8.44. The van der Waals surface area contributed by atoms with Crippen LogP contribution in [0, 0.1) is 12.3 Å². The predicted molar refractivity (Wildman–Crippen MR) is 73.7 cm³/mol. The lowest BCUT2D eigenvalue weighted by Crippen LogP contribution is -2.48. The van der Waals surface area contributed by atoms with Gasteiger partial charge in [-0.1, -0.05) is 43.7 Å². The molecule has 1 heterocycles. The Morgan fingerprint density at radius 3 is 2.47 bits per heavy atom. The molecule has 1 unspecified atom stereocenters. The van der Waals surface area contributed by atoms with Gasteiger partial charge in [0.1, 0.15) is 6.23 Å². The lowest BCUT2D eigenvalue weighted by Gasteiger charge is -2.35. The molecule has 1 aliphatic rings. The maximum Gasteiger partial charge on any atom is 0.112 e. The fourth-order valence-corrected chi connectivity index (χ4v) is 1.90. The van der Waals surface area contributed by atoms with Gasteiger partial charge in [-0.05, 0) is 12.5 Å². The Morgan fingerprint density at radius 1 is 1.29 bits per heavy atom. The molecule has 0 aliphatic carbocycles. The van der Waals surface area contributed by atoms with Crippen LogP contribution < -0.4 is 5.32 Å². The standard InChI is InChI=1S/C14H21NO.ClH/c1-11-4-6-12(7-5-11)8-13-15-9-14(2,3)10-16-13;/h4-7,13,15H,8-10H2,1-3H3;1H. The first-order valence-electron chi connectivity index (χ1n) is 5.96. The van der Waals surface area contributed by atoms with Gasteiger partial charge in [0, 0.05) is 18.4 Å². The first-order chi connectivity index (χ1) is 7.55. The molecule has 0 aromatic heterocycles. The highest BCUT2D eigenvalue weighted by Crippen LogP contribution is 2.20. The van der Waals surface area contributed by atoms with Crippen molar-refractivity contribution < 1.29 is 4.74 Å². The van der Waals surface area contributed by atoms with Gasteiger partial charge in [-0.15, -0.1) is 12.4 Å². The van der Waals surface area contributed by atoms with Crippen molar-refractivity contribution in [1.82, 2.24) is 5.32 Å². The molecule has 1 saturated heterocycles. The summed E-state index contributed by atoms with van der Waals surface area (Å²) >= 11 is 0. The zero-order valence-electron chi connectivity index (χ0n) is 10.8. The smallest absolute Gasteiger partial charge is 0.112 e. The molecule has 0 saturated carbocycles. The quantitative estimate of drug-likeness (QED) is 0.878. The largest absolute Gasteiger partial charge is 0.362 e. The SMILES string of the molecule is Cc1ccc(CC2NCC(C)(C)CO2)cc1.Cl. The first kappa shape index (κ1) is 14.5. The third-order valence-electron chi connectivity index (χ3n) is 3.03. The van der Waals surface area contributed by atoms with Crippen LogP contribution in [-0.2, 0) is 11.2 Å². The van der Waals surface area contributed by atoms with Gasteiger partial charge in [0.2, 0.25) is 0 Å². The van der Waals surface area contributed by atoms with Gasteiger partial charge in [-0.25, -0.2) is 0 Å². The van der Waals surface area contributed by atoms with Crippen molar-refractivity contribution in [2.24, 2.45) is 5.41 Å². The second-order valence-corrected chi connectivity index (χ2v) is 5.53. The van der Waals surface area contributed by atoms with Gasteiger partial charge in [-0.2, -0.15) is 0 Å². The molecule has 0 amide bonds. The molecule has 0 bridgehead atoms. The van der Waals surface area contributed by atoms with Gasteiger partial charge in [0.25, 0.3) is 0 Å². The van der Waals surface area contributed by atoms with Crippen LogP contribution in [0.1, 0.15) is 25.0 Å². The van der Waals surface area contributed by atoms with Crippen molar-refractivity contribution in [2.75, 3.05) is 13.2 Å². The van der Waals surface area contributed by atoms with Crippen LogP contribution in [0.3, 0.4) is 0 Å². The van der Waals surface area contributed by atoms with Crippen LogP contribution in [0.2, 0.25) is 0 Å². The van der Waals surface area contributed by atoms with E-state index in [1.54, 1.807) is 0 Å². The lowest BCUT2D eigenvalue weighted by atomic mass is 9.93. The van der Waals surface area contributed by atoms with Crippen molar-refractivity contribution in [3.63, 3.8) is 0 Å². The maximum absolute atomic E-state index is 5.82. The summed E-state index contributed by atoms with van der Waals surface area (Å²) in [5, 5.41) is 3.45. The molecule has 0 spiro atoms. The summed E-state index contributed by atoms with van der Waals surface area (Å²) in [6, 6.07) is 8.67. The van der Waals surface area contributed by atoms with Crippen molar-refractivity contribution in [3.05, 3.63) is 35.4 Å². The Balaban J connectivity index is 0.00000144. The van der Waals surface area contributed by atoms with E-state index in [0.717, 1.165) is 19.6 Å². The predicted octanol–water partition coefficient (Wildman–Crippen LogP) is 2.93. The third kappa shape index (κ3) is 4.30. The minimum atomic E-state index is 0. The van der Waals surface area contributed by atoms with E-state index in [0.29, 0.717) is 0 Å². The second kappa shape index (κ2) is 5.85. The summed E-state index contributed by atoms with van der Waals surface area (Å²) in [4.78, 5) is 0. The average molecular weight is 256 g/mol. The van der Waals surface area contributed by atoms with E-state index >= 15 is 0 Å². The number of aryl methyl sites for hydroxylation is 1. The second-order valence-electron chi connectivity index (χ2n) is 5.53. The fraction of sp³-hybridized carbons (Fsp3) is 0.571. The van der Waals surface area contributed by atoms with E-state index in [4.69, 9.17) is 4.74 Å². The third-order valence-corrected chi connectivity index (χ3v) is 3.03. The lowest BCUT2D eigenvalue weighted by molar-refractivity contribution is -0.0566. The van der Waals surface area contributed by atoms with E-state index in [1.165, 1.54) is 11.1 Å². The fourth-order valence-electron chi connectivity index (χ4n) is 1.90. The van der Waals surface area contributed by atoms with Gasteiger partial charge in [0.05, 0.1) is 6.61 Å². The molecule has 17 heavy (non-hydrogen) atoms. The highest BCUT2D eigenvalue weighted by atomic mass is 35.5. The molecule has 96 valence electrons. The van der Waals surface area contributed by atoms with Crippen molar-refractivity contribution in [3.8, 4) is 0 Å². The zero-order valence-corrected chi connectivity index (χ0v) is 11.6. The summed E-state index contributed by atoms with van der Waals surface area (Å²) in [5.74, 6) is 0. The molecule has 1 aromatic rings. The highest BCUT2D eigenvalue weighted by Gasteiger charge is 2.26. The maximum atomic E-state index is 5.82. The Morgan fingerprint density at radius 2 is 1.94 bits per heavy atom. The molecule has 1 atom stereocenters. The molecular formula is C14H22ClNO. The molecule has 3 heteroatoms. The van der Waals surface area contributed by atoms with Crippen molar-refractivity contribution in [1.29, 1.82) is 0 Å². The van der Waals surface area contributed by atoms with Crippen LogP contribution in [0.5, 0.6) is 0 Å². The van der Waals surface area contributed by atoms with E-state index in [-0.39, 0.29) is 24.0 Å². The number of benzene rings is 1. The topological polar surface area (TPSA) is 21.3 Å². The molecular weight excluding hydrogens is 234 g/mol. The minimum absolute atomic E-state index is 0. The minimum Gasteiger partial charge on any atom is -0.362 e. The normalized spacial score (nSPS) is 22.9. The van der Waals surface area contributed by atoms with Gasteiger partial charge < -0.3 is 4.74 Å². The molecule has 0 radical (unpaired) electrons. The van der Waals surface area contributed by atoms with Crippen LogP contribution in [0.4, 0.5) is 0 Å². The molecule has 1 aromatic carbocycles. The first-order valence-corrected chi connectivity index (χ1v) is 5.96. The molecule has 1 aliphatic heterocycles. The number of nitrogens with one attached hydrogen (secondary N) is 1. The summed E-state index contributed by atoms with van der Waals surface area (Å²) in [7, 11) is 0. The van der Waals surface area contributed by atoms with E-state index < -0.39 is 0 Å². The van der Waals surface area contributed by atoms with Gasteiger partial charge >= 0.3 is 0 Å². The van der Waals surface area contributed by atoms with E-state index in [1.807, 2.05) is 0 Å². The van der Waals surface area contributed by atoms with E-state index in [2.05, 4.69) is 50.4 Å². The molecule has 2 rings (SSSR count). The van der Waals surface area contributed by atoms with E-state index in [9.17, 15) is 0 Å². The Bertz CT molecular complexity index is 338. The number of hydrogen-bond acceptors (Lipinski definition) is 2. The van der Waals surface area contributed by atoms with Crippen molar-refractivity contribution >= 4 is 12.4 Å². The molecule has 2 nitrogen and oxygen atoms in total. The van der Waals surface area contributed by atoms with Gasteiger partial charge in [-0.3, -0.25) is 5.32 Å². The number of rotatable bonds is 2. The molecule has 1 fully saturated rings. The summed E-state index contributed by atoms with van der Waals surface area (Å²) in [6.07, 6.45) is 1.13. The van der Waals surface area contributed by atoms with Crippen molar-refractivity contribution in [2.45, 2.75) is 33.4 Å². The Hall–Kier alpha value is -0.570. The Labute approximate surface area is 110 Å². The summed E-state index contributed by atoms with van der Waals surface area (Å²) < 4.78 is 5.82. The number of halogens is 1. The Kier molecular flexibility index (Phi) is 4.99. The van der Waals surface area contributed by atoms with Crippen LogP contribution in [0.15, 0.2) is 24.3 Å².